The van der Waals surface area contributed by atoms with Gasteiger partial charge in [0.05, 0.1) is 11.3 Å². The Kier molecular flexibility index (Phi) is 4.40. The molecular weight excluding hydrogens is 328 g/mol. The average Bonchev–Trinajstić information content (AvgIpc) is 3.11. The highest BCUT2D eigenvalue weighted by molar-refractivity contribution is 7.18. The van der Waals surface area contributed by atoms with Crippen molar-refractivity contribution in [3.8, 4) is 0 Å². The van der Waals surface area contributed by atoms with Gasteiger partial charge in [-0.3, -0.25) is 14.4 Å². The van der Waals surface area contributed by atoms with Crippen LogP contribution in [0.1, 0.15) is 29.1 Å². The van der Waals surface area contributed by atoms with Crippen molar-refractivity contribution in [2.75, 3.05) is 13.1 Å². The molecule has 0 spiro atoms. The quantitative estimate of drug-likeness (QED) is 0.854. The largest absolute Gasteiger partial charge is 0.369 e. The Hall–Kier alpha value is -2.22. The monoisotopic (exact) mass is 348 g/mol. The molecule has 0 aliphatic carbocycles. The lowest BCUT2D eigenvalue weighted by Gasteiger charge is -2.15. The van der Waals surface area contributed by atoms with Crippen LogP contribution < -0.4 is 11.3 Å². The summed E-state index contributed by atoms with van der Waals surface area (Å²) < 4.78 is 0. The fourth-order valence-electron chi connectivity index (χ4n) is 3.02. The summed E-state index contributed by atoms with van der Waals surface area (Å²) in [4.78, 5) is 46.3. The predicted octanol–water partition coefficient (Wildman–Crippen LogP) is 0.868. The molecule has 3 N–H and O–H groups in total. The molecule has 24 heavy (non-hydrogen) atoms. The van der Waals surface area contributed by atoms with E-state index in [0.717, 1.165) is 10.4 Å². The molecule has 0 bridgehead atoms. The maximum absolute atomic E-state index is 12.3. The molecule has 1 fully saturated rings. The van der Waals surface area contributed by atoms with Crippen LogP contribution in [0.4, 0.5) is 0 Å². The van der Waals surface area contributed by atoms with Crippen LogP contribution >= 0.6 is 11.3 Å². The SMILES string of the molecule is Cc1sc2nc(CCC(=O)N3CC[C@@H](C(N)=O)C3)[nH]c(=O)c2c1C. The van der Waals surface area contributed by atoms with E-state index in [1.807, 2.05) is 13.8 Å². The number of aromatic nitrogens is 2. The summed E-state index contributed by atoms with van der Waals surface area (Å²) in [5.74, 6) is -0.127. The first kappa shape index (κ1) is 16.6. The van der Waals surface area contributed by atoms with E-state index in [1.54, 1.807) is 4.90 Å². The van der Waals surface area contributed by atoms with Gasteiger partial charge in [-0.1, -0.05) is 0 Å². The van der Waals surface area contributed by atoms with Gasteiger partial charge < -0.3 is 15.6 Å². The summed E-state index contributed by atoms with van der Waals surface area (Å²) in [5.41, 5.74) is 6.09. The molecule has 1 atom stereocenters. The molecule has 3 heterocycles. The number of nitrogens with two attached hydrogens (primary N) is 1. The number of carbonyl (C=O) groups excluding carboxylic acids is 2. The Morgan fingerprint density at radius 2 is 2.17 bits per heavy atom. The van der Waals surface area contributed by atoms with Crippen LogP contribution in [0.2, 0.25) is 0 Å². The van der Waals surface area contributed by atoms with Gasteiger partial charge in [-0.2, -0.15) is 0 Å². The minimum absolute atomic E-state index is 0.0416. The maximum atomic E-state index is 12.3. The van der Waals surface area contributed by atoms with Crippen molar-refractivity contribution in [3.63, 3.8) is 0 Å². The number of carbonyl (C=O) groups is 2. The van der Waals surface area contributed by atoms with Crippen molar-refractivity contribution >= 4 is 33.4 Å². The standard InChI is InChI=1S/C16H20N4O3S/c1-8-9(2)24-16-13(8)15(23)18-11(19-16)3-4-12(21)20-6-5-10(7-20)14(17)22/h10H,3-7H2,1-2H3,(H2,17,22)(H,18,19,23)/t10-/m1/s1. The summed E-state index contributed by atoms with van der Waals surface area (Å²) >= 11 is 1.49. The number of hydrogen-bond donors (Lipinski definition) is 2. The molecular formula is C16H20N4O3S. The van der Waals surface area contributed by atoms with E-state index in [0.29, 0.717) is 42.0 Å². The van der Waals surface area contributed by atoms with Crippen molar-refractivity contribution in [2.45, 2.75) is 33.1 Å². The molecule has 1 aliphatic rings. The summed E-state index contributed by atoms with van der Waals surface area (Å²) in [7, 11) is 0. The molecule has 2 amide bonds. The van der Waals surface area contributed by atoms with Gasteiger partial charge in [0.25, 0.3) is 5.56 Å². The normalized spacial score (nSPS) is 17.6. The number of thiophene rings is 1. The highest BCUT2D eigenvalue weighted by atomic mass is 32.1. The number of aryl methyl sites for hydroxylation is 3. The van der Waals surface area contributed by atoms with Crippen molar-refractivity contribution in [1.29, 1.82) is 0 Å². The van der Waals surface area contributed by atoms with Crippen molar-refractivity contribution in [2.24, 2.45) is 11.7 Å². The molecule has 1 aliphatic heterocycles. The fraction of sp³-hybridized carbons (Fsp3) is 0.500. The number of likely N-dealkylation sites (tertiary alicyclic amines) is 1. The number of fused-ring (bicyclic) bond motifs is 1. The third-order valence-corrected chi connectivity index (χ3v) is 5.71. The van der Waals surface area contributed by atoms with Crippen molar-refractivity contribution in [3.05, 3.63) is 26.6 Å². The van der Waals surface area contributed by atoms with Crippen LogP contribution in [0.3, 0.4) is 0 Å². The molecule has 0 saturated carbocycles. The lowest BCUT2D eigenvalue weighted by atomic mass is 10.1. The zero-order valence-corrected chi connectivity index (χ0v) is 14.5. The lowest BCUT2D eigenvalue weighted by Crippen LogP contribution is -2.32. The van der Waals surface area contributed by atoms with E-state index in [2.05, 4.69) is 9.97 Å². The maximum Gasteiger partial charge on any atom is 0.259 e. The number of aromatic amines is 1. The van der Waals surface area contributed by atoms with Crippen LogP contribution in [0.5, 0.6) is 0 Å². The second-order valence-electron chi connectivity index (χ2n) is 6.20. The Morgan fingerprint density at radius 1 is 1.42 bits per heavy atom. The predicted molar refractivity (Wildman–Crippen MR) is 91.9 cm³/mol. The summed E-state index contributed by atoms with van der Waals surface area (Å²) in [6.07, 6.45) is 1.25. The number of hydrogen-bond acceptors (Lipinski definition) is 5. The van der Waals surface area contributed by atoms with Gasteiger partial charge in [0.1, 0.15) is 10.7 Å². The summed E-state index contributed by atoms with van der Waals surface area (Å²) in [6, 6.07) is 0. The van der Waals surface area contributed by atoms with Gasteiger partial charge >= 0.3 is 0 Å². The van der Waals surface area contributed by atoms with Gasteiger partial charge in [0.2, 0.25) is 11.8 Å². The fourth-order valence-corrected chi connectivity index (χ4v) is 4.07. The van der Waals surface area contributed by atoms with Crippen LogP contribution in [-0.4, -0.2) is 39.8 Å². The summed E-state index contributed by atoms with van der Waals surface area (Å²) in [6.45, 7) is 4.82. The highest BCUT2D eigenvalue weighted by Crippen LogP contribution is 2.25. The van der Waals surface area contributed by atoms with Gasteiger partial charge in [-0.05, 0) is 25.8 Å². The van der Waals surface area contributed by atoms with Crippen LogP contribution in [-0.2, 0) is 16.0 Å². The second-order valence-corrected chi connectivity index (χ2v) is 7.41. The molecule has 2 aromatic heterocycles. The van der Waals surface area contributed by atoms with E-state index >= 15 is 0 Å². The Morgan fingerprint density at radius 3 is 2.83 bits per heavy atom. The first-order valence-corrected chi connectivity index (χ1v) is 8.74. The molecule has 3 rings (SSSR count). The van der Waals surface area contributed by atoms with E-state index in [9.17, 15) is 14.4 Å². The van der Waals surface area contributed by atoms with E-state index < -0.39 is 0 Å². The number of primary amides is 1. The van der Waals surface area contributed by atoms with Crippen LogP contribution in [0.15, 0.2) is 4.79 Å². The number of rotatable bonds is 4. The third-order valence-electron chi connectivity index (χ3n) is 4.61. The van der Waals surface area contributed by atoms with Crippen molar-refractivity contribution < 1.29 is 9.59 Å². The van der Waals surface area contributed by atoms with Gasteiger partial charge in [-0.15, -0.1) is 11.3 Å². The highest BCUT2D eigenvalue weighted by Gasteiger charge is 2.29. The van der Waals surface area contributed by atoms with E-state index in [1.165, 1.54) is 11.3 Å². The number of nitrogens with one attached hydrogen (secondary N) is 1. The van der Waals surface area contributed by atoms with E-state index in [-0.39, 0.29) is 29.7 Å². The number of amides is 2. The minimum atomic E-state index is -0.356. The Labute approximate surface area is 142 Å². The summed E-state index contributed by atoms with van der Waals surface area (Å²) in [5, 5.41) is 0.636. The van der Waals surface area contributed by atoms with Gasteiger partial charge in [-0.25, -0.2) is 4.98 Å². The molecule has 0 aromatic carbocycles. The Balaban J connectivity index is 1.69. The zero-order chi connectivity index (χ0) is 17.4. The van der Waals surface area contributed by atoms with E-state index in [4.69, 9.17) is 5.73 Å². The molecule has 0 radical (unpaired) electrons. The average molecular weight is 348 g/mol. The molecule has 128 valence electrons. The molecule has 1 saturated heterocycles. The zero-order valence-electron chi connectivity index (χ0n) is 13.7. The number of nitrogens with zero attached hydrogens (tertiary/aromatic N) is 2. The lowest BCUT2D eigenvalue weighted by molar-refractivity contribution is -0.130. The molecule has 2 aromatic rings. The number of H-pyrrole nitrogens is 1. The van der Waals surface area contributed by atoms with Crippen molar-refractivity contribution in [1.82, 2.24) is 14.9 Å². The molecule has 0 unspecified atom stereocenters. The van der Waals surface area contributed by atoms with Crippen LogP contribution in [0, 0.1) is 19.8 Å². The minimum Gasteiger partial charge on any atom is -0.369 e. The topological polar surface area (TPSA) is 109 Å². The molecule has 8 heteroatoms. The first-order chi connectivity index (χ1) is 11.4. The Bertz CT molecular complexity index is 870. The smallest absolute Gasteiger partial charge is 0.259 e. The van der Waals surface area contributed by atoms with Crippen LogP contribution in [0.25, 0.3) is 10.2 Å². The van der Waals surface area contributed by atoms with Gasteiger partial charge in [0.15, 0.2) is 0 Å². The van der Waals surface area contributed by atoms with Gasteiger partial charge in [0, 0.05) is 30.8 Å². The first-order valence-electron chi connectivity index (χ1n) is 7.92. The molecule has 7 nitrogen and oxygen atoms in total. The third kappa shape index (κ3) is 3.06. The second kappa shape index (κ2) is 6.35.